The van der Waals surface area contributed by atoms with Crippen LogP contribution in [0.5, 0.6) is 0 Å². The Balaban J connectivity index is 2.47. The zero-order chi connectivity index (χ0) is 12.3. The summed E-state index contributed by atoms with van der Waals surface area (Å²) in [6.07, 6.45) is 0. The summed E-state index contributed by atoms with van der Waals surface area (Å²) in [6.45, 7) is 2.86. The Kier molecular flexibility index (Phi) is 3.51. The highest BCUT2D eigenvalue weighted by Gasteiger charge is 2.12. The first-order valence-corrected chi connectivity index (χ1v) is 5.45. The van der Waals surface area contributed by atoms with E-state index in [1.807, 2.05) is 31.2 Å². The molecule has 0 saturated heterocycles. The summed E-state index contributed by atoms with van der Waals surface area (Å²) in [5, 5.41) is 8.19. The zero-order valence-corrected chi connectivity index (χ0v) is 10.1. The summed E-state index contributed by atoms with van der Waals surface area (Å²) in [5.74, 6) is 0. The Morgan fingerprint density at radius 3 is 2.88 bits per heavy atom. The van der Waals surface area contributed by atoms with E-state index in [0.29, 0.717) is 13.2 Å². The molecular formula is C12H16N4O. The number of methoxy groups -OCH3 is 1. The van der Waals surface area contributed by atoms with Gasteiger partial charge in [0.1, 0.15) is 5.69 Å². The molecule has 90 valence electrons. The minimum atomic E-state index is 0.366. The topological polar surface area (TPSA) is 66.0 Å². The first kappa shape index (κ1) is 11.8. The summed E-state index contributed by atoms with van der Waals surface area (Å²) in [6, 6.07) is 8.07. The third-order valence-electron chi connectivity index (χ3n) is 2.56. The average molecular weight is 232 g/mol. The fourth-order valence-corrected chi connectivity index (χ4v) is 1.74. The van der Waals surface area contributed by atoms with Crippen molar-refractivity contribution in [2.45, 2.75) is 20.1 Å². The second kappa shape index (κ2) is 5.07. The lowest BCUT2D eigenvalue weighted by Gasteiger charge is -2.07. The Labute approximate surface area is 100 Å². The van der Waals surface area contributed by atoms with E-state index in [2.05, 4.69) is 10.3 Å². The standard InChI is InChI=1S/C12H16N4O/c1-9-4-3-5-10(6-9)16-12(8-17-2)11(7-13)14-15-16/h3-6H,7-8,13H2,1-2H3. The molecule has 1 aromatic heterocycles. The fraction of sp³-hybridized carbons (Fsp3) is 0.333. The van der Waals surface area contributed by atoms with Crippen molar-refractivity contribution >= 4 is 0 Å². The van der Waals surface area contributed by atoms with E-state index in [4.69, 9.17) is 10.5 Å². The molecule has 0 bridgehead atoms. The molecule has 2 rings (SSSR count). The molecule has 0 aliphatic carbocycles. The number of aromatic nitrogens is 3. The molecule has 0 unspecified atom stereocenters. The first-order valence-electron chi connectivity index (χ1n) is 5.45. The van der Waals surface area contributed by atoms with Gasteiger partial charge < -0.3 is 10.5 Å². The van der Waals surface area contributed by atoms with Crippen LogP contribution in [0.3, 0.4) is 0 Å². The van der Waals surface area contributed by atoms with E-state index in [1.54, 1.807) is 11.8 Å². The summed E-state index contributed by atoms with van der Waals surface area (Å²) in [5.41, 5.74) is 9.46. The maximum Gasteiger partial charge on any atom is 0.102 e. The van der Waals surface area contributed by atoms with Crippen molar-refractivity contribution in [3.63, 3.8) is 0 Å². The van der Waals surface area contributed by atoms with Crippen molar-refractivity contribution in [2.75, 3.05) is 7.11 Å². The third-order valence-corrected chi connectivity index (χ3v) is 2.56. The van der Waals surface area contributed by atoms with Gasteiger partial charge in [-0.1, -0.05) is 17.3 Å². The van der Waals surface area contributed by atoms with Gasteiger partial charge in [0.25, 0.3) is 0 Å². The van der Waals surface area contributed by atoms with Crippen molar-refractivity contribution in [1.29, 1.82) is 0 Å². The molecule has 0 aliphatic rings. The van der Waals surface area contributed by atoms with Crippen LogP contribution < -0.4 is 5.73 Å². The SMILES string of the molecule is COCc1c(CN)nnn1-c1cccc(C)c1. The molecule has 1 heterocycles. The van der Waals surface area contributed by atoms with Gasteiger partial charge in [0, 0.05) is 13.7 Å². The maximum absolute atomic E-state index is 5.63. The molecule has 0 fully saturated rings. The Hall–Kier alpha value is -1.72. The van der Waals surface area contributed by atoms with Gasteiger partial charge in [-0.15, -0.1) is 5.10 Å². The minimum Gasteiger partial charge on any atom is -0.378 e. The molecule has 0 spiro atoms. The van der Waals surface area contributed by atoms with Crippen LogP contribution in [0.15, 0.2) is 24.3 Å². The molecule has 0 radical (unpaired) electrons. The van der Waals surface area contributed by atoms with Gasteiger partial charge >= 0.3 is 0 Å². The number of ether oxygens (including phenoxy) is 1. The number of hydrogen-bond donors (Lipinski definition) is 1. The number of nitrogens with two attached hydrogens (primary N) is 1. The molecule has 0 saturated carbocycles. The average Bonchev–Trinajstić information content (AvgIpc) is 2.72. The summed E-state index contributed by atoms with van der Waals surface area (Å²) >= 11 is 0. The molecule has 2 N–H and O–H groups in total. The maximum atomic E-state index is 5.63. The van der Waals surface area contributed by atoms with E-state index in [1.165, 1.54) is 5.56 Å². The molecule has 0 amide bonds. The highest BCUT2D eigenvalue weighted by molar-refractivity contribution is 5.36. The predicted octanol–water partition coefficient (Wildman–Crippen LogP) is 1.18. The Morgan fingerprint density at radius 2 is 2.24 bits per heavy atom. The third kappa shape index (κ3) is 2.35. The van der Waals surface area contributed by atoms with E-state index in [9.17, 15) is 0 Å². The molecule has 0 aliphatic heterocycles. The Morgan fingerprint density at radius 1 is 1.41 bits per heavy atom. The number of hydrogen-bond acceptors (Lipinski definition) is 4. The van der Waals surface area contributed by atoms with Gasteiger partial charge in [-0.05, 0) is 24.6 Å². The van der Waals surface area contributed by atoms with Crippen LogP contribution in [-0.2, 0) is 17.9 Å². The minimum absolute atomic E-state index is 0.366. The lowest BCUT2D eigenvalue weighted by molar-refractivity contribution is 0.178. The molecular weight excluding hydrogens is 216 g/mol. The quantitative estimate of drug-likeness (QED) is 0.859. The monoisotopic (exact) mass is 232 g/mol. The fourth-order valence-electron chi connectivity index (χ4n) is 1.74. The highest BCUT2D eigenvalue weighted by atomic mass is 16.5. The van der Waals surface area contributed by atoms with Crippen LogP contribution in [0.2, 0.25) is 0 Å². The number of nitrogens with zero attached hydrogens (tertiary/aromatic N) is 3. The van der Waals surface area contributed by atoms with Crippen LogP contribution in [0.4, 0.5) is 0 Å². The van der Waals surface area contributed by atoms with E-state index in [-0.39, 0.29) is 0 Å². The molecule has 5 nitrogen and oxygen atoms in total. The van der Waals surface area contributed by atoms with Crippen LogP contribution in [-0.4, -0.2) is 22.1 Å². The second-order valence-corrected chi connectivity index (χ2v) is 3.87. The van der Waals surface area contributed by atoms with Crippen LogP contribution >= 0.6 is 0 Å². The molecule has 17 heavy (non-hydrogen) atoms. The van der Waals surface area contributed by atoms with E-state index < -0.39 is 0 Å². The summed E-state index contributed by atoms with van der Waals surface area (Å²) in [4.78, 5) is 0. The lowest BCUT2D eigenvalue weighted by atomic mass is 10.2. The normalized spacial score (nSPS) is 10.8. The van der Waals surface area contributed by atoms with Crippen molar-refractivity contribution < 1.29 is 4.74 Å². The molecule has 1 aromatic carbocycles. The van der Waals surface area contributed by atoms with Gasteiger partial charge in [-0.25, -0.2) is 4.68 Å². The number of benzene rings is 1. The molecule has 5 heteroatoms. The Bertz CT molecular complexity index is 507. The summed E-state index contributed by atoms with van der Waals surface area (Å²) in [7, 11) is 1.65. The van der Waals surface area contributed by atoms with E-state index >= 15 is 0 Å². The lowest BCUT2D eigenvalue weighted by Crippen LogP contribution is -2.07. The van der Waals surface area contributed by atoms with Gasteiger partial charge in [0.2, 0.25) is 0 Å². The zero-order valence-electron chi connectivity index (χ0n) is 10.1. The number of aryl methyl sites for hydroxylation is 1. The van der Waals surface area contributed by atoms with Gasteiger partial charge in [0.05, 0.1) is 18.0 Å². The largest absolute Gasteiger partial charge is 0.378 e. The van der Waals surface area contributed by atoms with Crippen LogP contribution in [0.25, 0.3) is 5.69 Å². The van der Waals surface area contributed by atoms with Crippen LogP contribution in [0, 0.1) is 6.92 Å². The van der Waals surface area contributed by atoms with Crippen molar-refractivity contribution in [1.82, 2.24) is 15.0 Å². The first-order chi connectivity index (χ1) is 8.26. The van der Waals surface area contributed by atoms with Gasteiger partial charge in [-0.3, -0.25) is 0 Å². The van der Waals surface area contributed by atoms with Gasteiger partial charge in [0.15, 0.2) is 0 Å². The molecule has 0 atom stereocenters. The molecule has 2 aromatic rings. The van der Waals surface area contributed by atoms with Crippen LogP contribution in [0.1, 0.15) is 17.0 Å². The number of rotatable bonds is 4. The smallest absolute Gasteiger partial charge is 0.102 e. The highest BCUT2D eigenvalue weighted by Crippen LogP contribution is 2.14. The van der Waals surface area contributed by atoms with E-state index in [0.717, 1.165) is 17.1 Å². The van der Waals surface area contributed by atoms with Crippen molar-refractivity contribution in [2.24, 2.45) is 5.73 Å². The van der Waals surface area contributed by atoms with Crippen molar-refractivity contribution in [3.05, 3.63) is 41.2 Å². The van der Waals surface area contributed by atoms with Gasteiger partial charge in [-0.2, -0.15) is 0 Å². The van der Waals surface area contributed by atoms with Crippen molar-refractivity contribution in [3.8, 4) is 5.69 Å². The second-order valence-electron chi connectivity index (χ2n) is 3.87. The predicted molar refractivity (Wildman–Crippen MR) is 64.7 cm³/mol. The summed E-state index contributed by atoms with van der Waals surface area (Å²) < 4.78 is 6.94.